The molecule has 1 atom stereocenters. The molecule has 1 unspecified atom stereocenters. The number of hydrogen-bond donors (Lipinski definition) is 0. The van der Waals surface area contributed by atoms with Crippen molar-refractivity contribution in [1.82, 2.24) is 9.80 Å². The van der Waals surface area contributed by atoms with Gasteiger partial charge in [0.05, 0.1) is 25.3 Å². The van der Waals surface area contributed by atoms with E-state index in [-0.39, 0.29) is 23.8 Å². The highest BCUT2D eigenvalue weighted by Gasteiger charge is 2.34. The minimum absolute atomic E-state index is 0.182. The lowest BCUT2D eigenvalue weighted by Gasteiger charge is -2.36. The van der Waals surface area contributed by atoms with Crippen LogP contribution in [0.5, 0.6) is 11.5 Å². The van der Waals surface area contributed by atoms with Crippen molar-refractivity contribution < 1.29 is 23.9 Å². The maximum absolute atomic E-state index is 13.2. The van der Waals surface area contributed by atoms with Gasteiger partial charge in [-0.25, -0.2) is 0 Å². The van der Waals surface area contributed by atoms with Crippen LogP contribution in [0, 0.1) is 0 Å². The first-order valence-electron chi connectivity index (χ1n) is 13.0. The maximum atomic E-state index is 13.2. The summed E-state index contributed by atoms with van der Waals surface area (Å²) in [5.41, 5.74) is 3.37. The van der Waals surface area contributed by atoms with Gasteiger partial charge in [-0.15, -0.1) is 0 Å². The van der Waals surface area contributed by atoms with Crippen molar-refractivity contribution in [2.75, 3.05) is 27.3 Å². The molecule has 3 amide bonds. The fourth-order valence-corrected chi connectivity index (χ4v) is 5.49. The van der Waals surface area contributed by atoms with E-state index in [1.165, 1.54) is 16.0 Å². The highest BCUT2D eigenvalue weighted by atomic mass is 16.5. The molecule has 0 radical (unpaired) electrons. The average Bonchev–Trinajstić information content (AvgIpc) is 3.15. The van der Waals surface area contributed by atoms with Gasteiger partial charge < -0.3 is 14.4 Å². The summed E-state index contributed by atoms with van der Waals surface area (Å²) in [6.45, 7) is 3.25. The number of hydrogen-bond acceptors (Lipinski definition) is 5. The van der Waals surface area contributed by atoms with Gasteiger partial charge in [0.1, 0.15) is 0 Å². The van der Waals surface area contributed by atoms with E-state index in [1.807, 2.05) is 6.07 Å². The highest BCUT2D eigenvalue weighted by Crippen LogP contribution is 2.38. The van der Waals surface area contributed by atoms with E-state index in [4.69, 9.17) is 9.47 Å². The number of fused-ring (bicyclic) bond motifs is 2. The van der Waals surface area contributed by atoms with Crippen molar-refractivity contribution in [2.24, 2.45) is 0 Å². The predicted molar refractivity (Wildman–Crippen MR) is 138 cm³/mol. The Hall–Kier alpha value is -3.35. The maximum Gasteiger partial charge on any atom is 0.261 e. The van der Waals surface area contributed by atoms with E-state index in [1.54, 1.807) is 38.5 Å². The van der Waals surface area contributed by atoms with E-state index in [0.717, 1.165) is 56.6 Å². The van der Waals surface area contributed by atoms with Crippen LogP contribution in [0.25, 0.3) is 0 Å². The Kier molecular flexibility index (Phi) is 8.28. The van der Waals surface area contributed by atoms with Crippen molar-refractivity contribution >= 4 is 17.7 Å². The number of carbonyl (C=O) groups is 3. The molecule has 1 aliphatic carbocycles. The first kappa shape index (κ1) is 25.7. The Bertz CT molecular complexity index is 1090. The second kappa shape index (κ2) is 11.6. The molecule has 7 nitrogen and oxygen atoms in total. The number of imide groups is 1. The van der Waals surface area contributed by atoms with Gasteiger partial charge in [-0.2, -0.15) is 0 Å². The topological polar surface area (TPSA) is 76.2 Å². The zero-order valence-corrected chi connectivity index (χ0v) is 21.5. The van der Waals surface area contributed by atoms with Crippen LogP contribution < -0.4 is 9.47 Å². The summed E-state index contributed by atoms with van der Waals surface area (Å²) in [4.78, 5) is 41.6. The minimum atomic E-state index is -0.215. The number of unbranched alkanes of at least 4 members (excludes halogenated alkanes) is 2. The average molecular weight is 493 g/mol. The lowest BCUT2D eigenvalue weighted by atomic mass is 9.86. The molecular formula is C29H36N2O5. The molecule has 1 aliphatic heterocycles. The minimum Gasteiger partial charge on any atom is -0.493 e. The summed E-state index contributed by atoms with van der Waals surface area (Å²) < 4.78 is 11.1. The molecule has 0 saturated heterocycles. The third kappa shape index (κ3) is 5.11. The summed E-state index contributed by atoms with van der Waals surface area (Å²) in [5.74, 6) is 1.31. The standard InChI is InChI=1S/C29H36N2O5/c1-4-17-30(21-14-15-22-20(19-21)13-16-25(35-2)27(22)36-3)26(32)12-6-5-9-18-31-28(33)23-10-7-8-11-24(23)29(31)34/h7-8,10-11,13,16,21H,4-6,9,12,14-15,17-19H2,1-3H3. The van der Waals surface area contributed by atoms with Crippen LogP contribution >= 0.6 is 0 Å². The summed E-state index contributed by atoms with van der Waals surface area (Å²) in [5, 5.41) is 0. The Morgan fingerprint density at radius 2 is 1.72 bits per heavy atom. The summed E-state index contributed by atoms with van der Waals surface area (Å²) in [7, 11) is 3.32. The first-order chi connectivity index (χ1) is 17.5. The lowest BCUT2D eigenvalue weighted by molar-refractivity contribution is -0.134. The summed E-state index contributed by atoms with van der Waals surface area (Å²) in [6.07, 6.45) is 6.22. The molecule has 0 aromatic heterocycles. The molecule has 0 fully saturated rings. The largest absolute Gasteiger partial charge is 0.493 e. The molecule has 0 spiro atoms. The molecule has 0 N–H and O–H groups in total. The Morgan fingerprint density at radius 3 is 2.36 bits per heavy atom. The normalized spacial score (nSPS) is 16.5. The van der Waals surface area contributed by atoms with Gasteiger partial charge in [-0.1, -0.05) is 31.5 Å². The van der Waals surface area contributed by atoms with Crippen LogP contribution in [-0.2, 0) is 17.6 Å². The Balaban J connectivity index is 1.28. The fraction of sp³-hybridized carbons (Fsp3) is 0.483. The van der Waals surface area contributed by atoms with Crippen molar-refractivity contribution in [3.05, 3.63) is 58.7 Å². The van der Waals surface area contributed by atoms with Gasteiger partial charge in [0.2, 0.25) is 5.91 Å². The van der Waals surface area contributed by atoms with Crippen LogP contribution in [-0.4, -0.2) is 60.9 Å². The van der Waals surface area contributed by atoms with Crippen LogP contribution in [0.4, 0.5) is 0 Å². The predicted octanol–water partition coefficient (Wildman–Crippen LogP) is 4.66. The second-order valence-corrected chi connectivity index (χ2v) is 9.54. The van der Waals surface area contributed by atoms with Gasteiger partial charge in [0.25, 0.3) is 11.8 Å². The molecule has 1 heterocycles. The molecule has 192 valence electrons. The van der Waals surface area contributed by atoms with Crippen molar-refractivity contribution in [3.8, 4) is 11.5 Å². The Labute approximate surface area is 213 Å². The highest BCUT2D eigenvalue weighted by molar-refractivity contribution is 6.21. The van der Waals surface area contributed by atoms with E-state index in [9.17, 15) is 14.4 Å². The smallest absolute Gasteiger partial charge is 0.261 e. The summed E-state index contributed by atoms with van der Waals surface area (Å²) in [6, 6.07) is 11.2. The second-order valence-electron chi connectivity index (χ2n) is 9.54. The molecule has 7 heteroatoms. The van der Waals surface area contributed by atoms with Gasteiger partial charge in [0, 0.05) is 31.1 Å². The number of amides is 3. The molecule has 0 bridgehead atoms. The molecule has 36 heavy (non-hydrogen) atoms. The van der Waals surface area contributed by atoms with E-state index < -0.39 is 0 Å². The van der Waals surface area contributed by atoms with E-state index in [2.05, 4.69) is 17.9 Å². The monoisotopic (exact) mass is 492 g/mol. The van der Waals surface area contributed by atoms with Crippen LogP contribution in [0.15, 0.2) is 36.4 Å². The third-order valence-electron chi connectivity index (χ3n) is 7.30. The zero-order valence-electron chi connectivity index (χ0n) is 21.5. The lowest BCUT2D eigenvalue weighted by Crippen LogP contribution is -2.43. The number of benzene rings is 2. The van der Waals surface area contributed by atoms with Crippen LogP contribution in [0.1, 0.15) is 77.3 Å². The number of carbonyl (C=O) groups excluding carboxylic acids is 3. The fourth-order valence-electron chi connectivity index (χ4n) is 5.49. The Morgan fingerprint density at radius 1 is 1.00 bits per heavy atom. The number of methoxy groups -OCH3 is 2. The molecule has 2 aliphatic rings. The van der Waals surface area contributed by atoms with Crippen molar-refractivity contribution in [1.29, 1.82) is 0 Å². The van der Waals surface area contributed by atoms with Crippen molar-refractivity contribution in [2.45, 2.75) is 64.3 Å². The number of ether oxygens (including phenoxy) is 2. The van der Waals surface area contributed by atoms with Gasteiger partial charge in [0.15, 0.2) is 11.5 Å². The van der Waals surface area contributed by atoms with Crippen LogP contribution in [0.3, 0.4) is 0 Å². The number of nitrogens with zero attached hydrogens (tertiary/aromatic N) is 2. The zero-order chi connectivity index (χ0) is 25.7. The summed E-state index contributed by atoms with van der Waals surface area (Å²) >= 11 is 0. The molecule has 0 saturated carbocycles. The van der Waals surface area contributed by atoms with Gasteiger partial charge >= 0.3 is 0 Å². The van der Waals surface area contributed by atoms with Gasteiger partial charge in [-0.05, 0) is 62.3 Å². The molecular weight excluding hydrogens is 456 g/mol. The van der Waals surface area contributed by atoms with E-state index in [0.29, 0.717) is 30.5 Å². The first-order valence-corrected chi connectivity index (χ1v) is 13.0. The van der Waals surface area contributed by atoms with E-state index >= 15 is 0 Å². The quantitative estimate of drug-likeness (QED) is 0.337. The third-order valence-corrected chi connectivity index (χ3v) is 7.30. The van der Waals surface area contributed by atoms with Crippen molar-refractivity contribution in [3.63, 3.8) is 0 Å². The van der Waals surface area contributed by atoms with Gasteiger partial charge in [-0.3, -0.25) is 19.3 Å². The van der Waals surface area contributed by atoms with Crippen LogP contribution in [0.2, 0.25) is 0 Å². The SMILES string of the molecule is CCCN(C(=O)CCCCCN1C(=O)c2ccccc2C1=O)C1CCc2c(ccc(OC)c2OC)C1. The molecule has 4 rings (SSSR count). The molecule has 2 aromatic carbocycles. The molecule has 2 aromatic rings. The number of rotatable bonds is 11.